The summed E-state index contributed by atoms with van der Waals surface area (Å²) in [6.45, 7) is 7.92. The van der Waals surface area contributed by atoms with Crippen LogP contribution < -0.4 is 15.4 Å². The van der Waals surface area contributed by atoms with Crippen LogP contribution in [0.1, 0.15) is 41.0 Å². The number of thiazole rings is 1. The standard InChI is InChI=1S/C43H53N9O10S/c1-32-48-37-29-34(42(55)50-43-49-38(31-63-43)36-5-2-3-14-45-36)9-12-39(37)52(32)16-4-6-40(53)46-30-33-7-10-35(11-8-33)62-41(54)13-17-56-19-21-58-23-25-60-27-28-61-26-24-59-22-20-57-18-15-47-51-44/h2-3,5,7-12,14,29,31H,4,6,13,15-28,30H2,1H3,(H,46,53)(H,49,50,55). The number of nitrogens with zero attached hydrogens (tertiary/aromatic N) is 7. The van der Waals surface area contributed by atoms with E-state index in [0.29, 0.717) is 133 Å². The molecule has 3 heterocycles. The summed E-state index contributed by atoms with van der Waals surface area (Å²) in [5.41, 5.74) is 12.5. The van der Waals surface area contributed by atoms with Gasteiger partial charge in [0.25, 0.3) is 5.91 Å². The molecule has 0 unspecified atom stereocenters. The summed E-state index contributed by atoms with van der Waals surface area (Å²) in [5, 5.41) is 11.5. The summed E-state index contributed by atoms with van der Waals surface area (Å²) in [6.07, 6.45) is 2.71. The van der Waals surface area contributed by atoms with E-state index in [1.165, 1.54) is 11.3 Å². The fourth-order valence-electron chi connectivity index (χ4n) is 5.86. The highest BCUT2D eigenvalue weighted by Gasteiger charge is 2.15. The van der Waals surface area contributed by atoms with Crippen molar-refractivity contribution >= 4 is 45.3 Å². The lowest BCUT2D eigenvalue weighted by Crippen LogP contribution is -2.22. The van der Waals surface area contributed by atoms with Crippen LogP contribution in [0.5, 0.6) is 5.75 Å². The zero-order valence-electron chi connectivity index (χ0n) is 35.3. The van der Waals surface area contributed by atoms with E-state index in [9.17, 15) is 14.4 Å². The van der Waals surface area contributed by atoms with Crippen LogP contribution in [-0.2, 0) is 51.1 Å². The van der Waals surface area contributed by atoms with Gasteiger partial charge >= 0.3 is 5.97 Å². The van der Waals surface area contributed by atoms with Crippen LogP contribution in [0, 0.1) is 6.92 Å². The molecule has 5 rings (SSSR count). The van der Waals surface area contributed by atoms with Crippen molar-refractivity contribution in [2.24, 2.45) is 5.11 Å². The molecule has 3 aromatic heterocycles. The number of aromatic nitrogens is 4. The minimum absolute atomic E-state index is 0.0839. The van der Waals surface area contributed by atoms with Crippen molar-refractivity contribution in [1.82, 2.24) is 24.8 Å². The van der Waals surface area contributed by atoms with E-state index < -0.39 is 5.97 Å². The van der Waals surface area contributed by atoms with Gasteiger partial charge in [0.2, 0.25) is 5.91 Å². The number of rotatable bonds is 31. The van der Waals surface area contributed by atoms with Gasteiger partial charge in [-0.3, -0.25) is 24.7 Å². The Morgan fingerprint density at radius 3 is 2.10 bits per heavy atom. The number of hydrogen-bond donors (Lipinski definition) is 2. The molecule has 0 bridgehead atoms. The Morgan fingerprint density at radius 2 is 1.44 bits per heavy atom. The van der Waals surface area contributed by atoms with Gasteiger partial charge in [-0.15, -0.1) is 11.3 Å². The zero-order valence-corrected chi connectivity index (χ0v) is 36.1. The summed E-state index contributed by atoms with van der Waals surface area (Å²) in [5.74, 6) is 0.418. The average molecular weight is 888 g/mol. The monoisotopic (exact) mass is 887 g/mol. The van der Waals surface area contributed by atoms with Crippen LogP contribution in [-0.4, -0.2) is 123 Å². The number of ether oxygens (including phenoxy) is 7. The summed E-state index contributed by atoms with van der Waals surface area (Å²) < 4.78 is 39.9. The van der Waals surface area contributed by atoms with Crippen molar-refractivity contribution in [1.29, 1.82) is 0 Å². The molecule has 0 aliphatic rings. The van der Waals surface area contributed by atoms with E-state index in [4.69, 9.17) is 38.7 Å². The second kappa shape index (κ2) is 28.0. The molecular formula is C43H53N9O10S. The van der Waals surface area contributed by atoms with Gasteiger partial charge in [-0.2, -0.15) is 0 Å². The number of esters is 1. The van der Waals surface area contributed by atoms with Gasteiger partial charge in [-0.25, -0.2) is 9.97 Å². The highest BCUT2D eigenvalue weighted by atomic mass is 32.1. The highest BCUT2D eigenvalue weighted by Crippen LogP contribution is 2.25. The fourth-order valence-corrected chi connectivity index (χ4v) is 6.56. The fraction of sp³-hybridized carbons (Fsp3) is 0.442. The molecule has 0 saturated heterocycles. The molecule has 5 aromatic rings. The van der Waals surface area contributed by atoms with Crippen LogP contribution in [0.4, 0.5) is 5.13 Å². The normalized spacial score (nSPS) is 11.1. The van der Waals surface area contributed by atoms with Crippen LogP contribution >= 0.6 is 11.3 Å². The van der Waals surface area contributed by atoms with E-state index >= 15 is 0 Å². The summed E-state index contributed by atoms with van der Waals surface area (Å²) >= 11 is 1.33. The molecule has 0 radical (unpaired) electrons. The molecule has 20 heteroatoms. The van der Waals surface area contributed by atoms with Gasteiger partial charge in [-0.05, 0) is 66.9 Å². The lowest BCUT2D eigenvalue weighted by Gasteiger charge is -2.09. The van der Waals surface area contributed by atoms with E-state index in [-0.39, 0.29) is 24.8 Å². The summed E-state index contributed by atoms with van der Waals surface area (Å²) in [6, 6.07) is 18.0. The number of aryl methyl sites for hydroxylation is 2. The third-order valence-corrected chi connectivity index (χ3v) is 9.75. The quantitative estimate of drug-likeness (QED) is 0.0132. The Balaban J connectivity index is 0.859. The van der Waals surface area contributed by atoms with Crippen molar-refractivity contribution < 1.29 is 47.5 Å². The predicted octanol–water partition coefficient (Wildman–Crippen LogP) is 5.92. The van der Waals surface area contributed by atoms with Gasteiger partial charge in [0.15, 0.2) is 5.13 Å². The maximum Gasteiger partial charge on any atom is 0.313 e. The van der Waals surface area contributed by atoms with Crippen LogP contribution in [0.3, 0.4) is 0 Å². The minimum Gasteiger partial charge on any atom is -0.426 e. The first-order valence-corrected chi connectivity index (χ1v) is 21.5. The van der Waals surface area contributed by atoms with Crippen LogP contribution in [0.2, 0.25) is 0 Å². The first kappa shape index (κ1) is 48.2. The first-order valence-electron chi connectivity index (χ1n) is 20.6. The number of nitrogens with one attached hydrogen (secondary N) is 2. The zero-order chi connectivity index (χ0) is 44.3. The largest absolute Gasteiger partial charge is 0.426 e. The maximum absolute atomic E-state index is 13.0. The van der Waals surface area contributed by atoms with Crippen molar-refractivity contribution in [2.75, 3.05) is 91.1 Å². The molecule has 0 spiro atoms. The minimum atomic E-state index is -0.415. The second-order valence-corrected chi connectivity index (χ2v) is 14.5. The number of benzene rings is 2. The topological polar surface area (TPSA) is 232 Å². The molecule has 2 amide bonds. The number of amides is 2. The number of anilines is 1. The molecule has 2 N–H and O–H groups in total. The SMILES string of the molecule is Cc1nc2cc(C(=O)Nc3nc(-c4ccccn4)cs3)ccc2n1CCCC(=O)NCc1ccc(OC(=O)CCOCCOCCOCCOCCOCCOCCN=[N+]=[N-])cc1. The number of carbonyl (C=O) groups is 3. The molecular weight excluding hydrogens is 835 g/mol. The number of azide groups is 1. The van der Waals surface area contributed by atoms with Gasteiger partial charge in [0.1, 0.15) is 17.3 Å². The van der Waals surface area contributed by atoms with Crippen molar-refractivity contribution in [3.05, 3.63) is 99.6 Å². The third kappa shape index (κ3) is 17.8. The smallest absolute Gasteiger partial charge is 0.313 e. The number of pyridine rings is 1. The lowest BCUT2D eigenvalue weighted by molar-refractivity contribution is -0.135. The van der Waals surface area contributed by atoms with Crippen molar-refractivity contribution in [3.63, 3.8) is 0 Å². The van der Waals surface area contributed by atoms with E-state index in [1.54, 1.807) is 42.6 Å². The molecule has 63 heavy (non-hydrogen) atoms. The first-order chi connectivity index (χ1) is 30.9. The summed E-state index contributed by atoms with van der Waals surface area (Å²) in [4.78, 5) is 54.1. The van der Waals surface area contributed by atoms with Gasteiger partial charge in [0.05, 0.1) is 102 Å². The maximum atomic E-state index is 13.0. The highest BCUT2D eigenvalue weighted by molar-refractivity contribution is 7.14. The Hall–Kier alpha value is -5.83. The van der Waals surface area contributed by atoms with Crippen molar-refractivity contribution in [3.8, 4) is 17.1 Å². The van der Waals surface area contributed by atoms with Gasteiger partial charge in [0, 0.05) is 48.1 Å². The van der Waals surface area contributed by atoms with E-state index in [1.807, 2.05) is 41.1 Å². The molecule has 2 aromatic carbocycles. The van der Waals surface area contributed by atoms with Crippen molar-refractivity contribution in [2.45, 2.75) is 39.3 Å². The van der Waals surface area contributed by atoms with Crippen LogP contribution in [0.25, 0.3) is 32.9 Å². The molecule has 0 saturated carbocycles. The lowest BCUT2D eigenvalue weighted by atomic mass is 10.2. The predicted molar refractivity (Wildman–Crippen MR) is 234 cm³/mol. The molecule has 0 aliphatic heterocycles. The Labute approximate surface area is 369 Å². The Bertz CT molecular complexity index is 2200. The van der Waals surface area contributed by atoms with E-state index in [0.717, 1.165) is 22.6 Å². The van der Waals surface area contributed by atoms with Gasteiger partial charge in [-0.1, -0.05) is 23.3 Å². The Morgan fingerprint density at radius 1 is 0.778 bits per heavy atom. The Kier molecular flexibility index (Phi) is 21.4. The molecule has 19 nitrogen and oxygen atoms in total. The van der Waals surface area contributed by atoms with E-state index in [2.05, 4.69) is 35.6 Å². The average Bonchev–Trinajstić information content (AvgIpc) is 3.89. The second-order valence-electron chi connectivity index (χ2n) is 13.6. The third-order valence-electron chi connectivity index (χ3n) is 8.99. The van der Waals surface area contributed by atoms with Gasteiger partial charge < -0.3 is 43.0 Å². The van der Waals surface area contributed by atoms with Crippen LogP contribution in [0.15, 0.2) is 77.4 Å². The number of imidazole rings is 1. The number of hydrogen-bond acceptors (Lipinski definition) is 15. The molecule has 0 atom stereocenters. The molecule has 0 aliphatic carbocycles. The molecule has 336 valence electrons. The number of carbonyl (C=O) groups excluding carboxylic acids is 3. The number of fused-ring (bicyclic) bond motifs is 1. The summed E-state index contributed by atoms with van der Waals surface area (Å²) in [7, 11) is 0. The molecule has 0 fully saturated rings.